The predicted octanol–water partition coefficient (Wildman–Crippen LogP) is 3.19. The molecule has 0 aromatic heterocycles. The summed E-state index contributed by atoms with van der Waals surface area (Å²) in [7, 11) is 0.912. The van der Waals surface area contributed by atoms with Crippen LogP contribution in [0, 0.1) is 0 Å². The fraction of sp³-hybridized carbons (Fsp3) is 0.286. The van der Waals surface area contributed by atoms with Crippen LogP contribution < -0.4 is 0 Å². The first kappa shape index (κ1) is 14.3. The van der Waals surface area contributed by atoms with Gasteiger partial charge >= 0.3 is 18.0 Å². The summed E-state index contributed by atoms with van der Waals surface area (Å²) >= 11 is 1.12. The Balaban J connectivity index is 5.09. The summed E-state index contributed by atoms with van der Waals surface area (Å²) in [6.45, 7) is 0. The number of halogens is 6. The summed E-state index contributed by atoms with van der Waals surface area (Å²) in [5.74, 6) is -8.58. The first-order valence-corrected chi connectivity index (χ1v) is 4.36. The van der Waals surface area contributed by atoms with Gasteiger partial charge in [-0.15, -0.1) is 0 Å². The molecule has 0 heterocycles. The maximum absolute atomic E-state index is 12.6. The Hall–Kier alpha value is -0.670. The van der Waals surface area contributed by atoms with E-state index >= 15 is 0 Å². The zero-order valence-electron chi connectivity index (χ0n) is 7.16. The lowest BCUT2D eigenvalue weighted by atomic mass is 10.3. The topological polar surface area (TPSA) is 26.3 Å². The highest BCUT2D eigenvalue weighted by Crippen LogP contribution is 2.32. The molecule has 0 saturated heterocycles. The van der Waals surface area contributed by atoms with E-state index in [-0.39, 0.29) is 6.08 Å². The molecular formula is C7H4F5IO2. The van der Waals surface area contributed by atoms with Gasteiger partial charge in [0.2, 0.25) is 5.83 Å². The summed E-state index contributed by atoms with van der Waals surface area (Å²) in [6.07, 6.45) is -3.38. The molecule has 0 rings (SSSR count). The number of allylic oxidation sites excluding steroid dienone is 2. The van der Waals surface area contributed by atoms with Gasteiger partial charge in [-0.05, 0) is 22.6 Å². The van der Waals surface area contributed by atoms with Gasteiger partial charge in [-0.1, -0.05) is 0 Å². The van der Waals surface area contributed by atoms with Gasteiger partial charge in [-0.25, -0.2) is 4.79 Å². The van der Waals surface area contributed by atoms with E-state index in [9.17, 15) is 26.7 Å². The van der Waals surface area contributed by atoms with E-state index in [0.717, 1.165) is 29.7 Å². The van der Waals surface area contributed by atoms with E-state index in [1.54, 1.807) is 0 Å². The standard InChI is InChI=1S/C7H4F5IO2/c1-15-6(14)3(13)2-7(11,12)4(8)5(9)10/h2H,1H3/b3-2-. The van der Waals surface area contributed by atoms with Crippen molar-refractivity contribution in [1.29, 1.82) is 0 Å². The van der Waals surface area contributed by atoms with Gasteiger partial charge in [0.15, 0.2) is 0 Å². The van der Waals surface area contributed by atoms with E-state index in [1.807, 2.05) is 0 Å². The van der Waals surface area contributed by atoms with Crippen LogP contribution in [-0.2, 0) is 9.53 Å². The number of rotatable bonds is 3. The molecule has 0 bridgehead atoms. The summed E-state index contributed by atoms with van der Waals surface area (Å²) < 4.78 is 63.8. The lowest BCUT2D eigenvalue weighted by Crippen LogP contribution is -2.16. The van der Waals surface area contributed by atoms with Crippen LogP contribution in [0.2, 0.25) is 0 Å². The molecule has 0 aliphatic rings. The van der Waals surface area contributed by atoms with Crippen LogP contribution >= 0.6 is 22.6 Å². The van der Waals surface area contributed by atoms with Gasteiger partial charge in [0.05, 0.1) is 7.11 Å². The fourth-order valence-corrected chi connectivity index (χ4v) is 1.12. The van der Waals surface area contributed by atoms with E-state index in [4.69, 9.17) is 0 Å². The third kappa shape index (κ3) is 4.14. The molecule has 0 aromatic rings. The van der Waals surface area contributed by atoms with Crippen molar-refractivity contribution in [2.75, 3.05) is 7.11 Å². The molecular weight excluding hydrogens is 338 g/mol. The zero-order chi connectivity index (χ0) is 12.2. The normalized spacial score (nSPS) is 12.3. The van der Waals surface area contributed by atoms with Crippen molar-refractivity contribution < 1.29 is 31.5 Å². The average Bonchev–Trinajstić information content (AvgIpc) is 2.14. The number of methoxy groups -OCH3 is 1. The van der Waals surface area contributed by atoms with E-state index < -0.39 is 27.4 Å². The monoisotopic (exact) mass is 342 g/mol. The second-order valence-corrected chi connectivity index (χ2v) is 3.34. The maximum Gasteiger partial charge on any atom is 0.343 e. The number of carbonyl (C=O) groups is 1. The Morgan fingerprint density at radius 2 is 1.80 bits per heavy atom. The van der Waals surface area contributed by atoms with Gasteiger partial charge in [0.25, 0.3) is 0 Å². The van der Waals surface area contributed by atoms with Crippen LogP contribution in [0.5, 0.6) is 0 Å². The second-order valence-electron chi connectivity index (χ2n) is 2.18. The average molecular weight is 342 g/mol. The molecule has 2 nitrogen and oxygen atoms in total. The minimum atomic E-state index is -4.52. The fourth-order valence-electron chi connectivity index (χ4n) is 0.505. The van der Waals surface area contributed by atoms with Crippen LogP contribution in [0.1, 0.15) is 0 Å². The zero-order valence-corrected chi connectivity index (χ0v) is 9.32. The lowest BCUT2D eigenvalue weighted by molar-refractivity contribution is -0.135. The largest absolute Gasteiger partial charge is 0.465 e. The number of hydrogen-bond donors (Lipinski definition) is 0. The number of esters is 1. The third-order valence-electron chi connectivity index (χ3n) is 1.15. The number of hydrogen-bond acceptors (Lipinski definition) is 2. The highest BCUT2D eigenvalue weighted by Gasteiger charge is 2.37. The quantitative estimate of drug-likeness (QED) is 0.341. The molecule has 0 radical (unpaired) electrons. The van der Waals surface area contributed by atoms with Crippen LogP contribution in [0.4, 0.5) is 22.0 Å². The van der Waals surface area contributed by atoms with Crippen molar-refractivity contribution in [2.24, 2.45) is 0 Å². The van der Waals surface area contributed by atoms with Crippen molar-refractivity contribution in [1.82, 2.24) is 0 Å². The highest BCUT2D eigenvalue weighted by atomic mass is 127. The Labute approximate surface area is 94.9 Å². The van der Waals surface area contributed by atoms with Gasteiger partial charge in [-0.2, -0.15) is 22.0 Å². The summed E-state index contributed by atoms with van der Waals surface area (Å²) in [5, 5.41) is 0. The van der Waals surface area contributed by atoms with Crippen molar-refractivity contribution in [2.45, 2.75) is 5.92 Å². The molecule has 0 unspecified atom stereocenters. The van der Waals surface area contributed by atoms with Crippen molar-refractivity contribution in [3.8, 4) is 0 Å². The van der Waals surface area contributed by atoms with Crippen LogP contribution in [-0.4, -0.2) is 19.0 Å². The van der Waals surface area contributed by atoms with Crippen molar-refractivity contribution in [3.63, 3.8) is 0 Å². The highest BCUT2D eigenvalue weighted by molar-refractivity contribution is 14.1. The molecule has 0 fully saturated rings. The van der Waals surface area contributed by atoms with Gasteiger partial charge in [-0.3, -0.25) is 0 Å². The lowest BCUT2D eigenvalue weighted by Gasteiger charge is -2.08. The molecule has 0 spiro atoms. The minimum absolute atomic E-state index is 0.242. The number of ether oxygens (including phenoxy) is 1. The summed E-state index contributed by atoms with van der Waals surface area (Å²) in [5.41, 5.74) is 0. The molecule has 0 N–H and O–H groups in total. The minimum Gasteiger partial charge on any atom is -0.465 e. The Bertz CT molecular complexity index is 319. The van der Waals surface area contributed by atoms with Crippen molar-refractivity contribution >= 4 is 28.6 Å². The first-order chi connectivity index (χ1) is 6.72. The molecule has 0 aliphatic carbocycles. The van der Waals surface area contributed by atoms with Crippen molar-refractivity contribution in [3.05, 3.63) is 21.6 Å². The van der Waals surface area contributed by atoms with Gasteiger partial charge in [0, 0.05) is 6.08 Å². The number of carbonyl (C=O) groups excluding carboxylic acids is 1. The smallest absolute Gasteiger partial charge is 0.343 e. The summed E-state index contributed by atoms with van der Waals surface area (Å²) in [6, 6.07) is 0. The van der Waals surface area contributed by atoms with Crippen LogP contribution in [0.3, 0.4) is 0 Å². The third-order valence-corrected chi connectivity index (χ3v) is 1.90. The SMILES string of the molecule is COC(=O)/C(I)=C/C(F)(F)C(F)=C(F)F. The molecule has 0 amide bonds. The Kier molecular flexibility index (Phi) is 5.18. The van der Waals surface area contributed by atoms with Crippen LogP contribution in [0.25, 0.3) is 0 Å². The molecule has 0 saturated carbocycles. The molecule has 0 aromatic carbocycles. The van der Waals surface area contributed by atoms with E-state index in [1.165, 1.54) is 0 Å². The molecule has 86 valence electrons. The predicted molar refractivity (Wildman–Crippen MR) is 49.4 cm³/mol. The van der Waals surface area contributed by atoms with Crippen LogP contribution in [0.15, 0.2) is 21.6 Å². The maximum atomic E-state index is 12.6. The molecule has 8 heteroatoms. The molecule has 0 aliphatic heterocycles. The summed E-state index contributed by atoms with van der Waals surface area (Å²) in [4.78, 5) is 10.6. The van der Waals surface area contributed by atoms with Gasteiger partial charge in [0.1, 0.15) is 3.58 Å². The Morgan fingerprint density at radius 1 is 1.33 bits per heavy atom. The number of alkyl halides is 2. The first-order valence-electron chi connectivity index (χ1n) is 3.28. The van der Waals surface area contributed by atoms with E-state index in [0.29, 0.717) is 0 Å². The van der Waals surface area contributed by atoms with E-state index in [2.05, 4.69) is 4.74 Å². The molecule has 0 atom stereocenters. The van der Waals surface area contributed by atoms with Gasteiger partial charge < -0.3 is 4.74 Å². The second kappa shape index (κ2) is 5.42. The molecule has 15 heavy (non-hydrogen) atoms. The Morgan fingerprint density at radius 3 is 2.13 bits per heavy atom.